The number of hydrogen-bond donors (Lipinski definition) is 1. The fourth-order valence-corrected chi connectivity index (χ4v) is 3.99. The summed E-state index contributed by atoms with van der Waals surface area (Å²) in [5.41, 5.74) is 2.78. The number of quaternary nitrogens is 1. The molecule has 0 aromatic heterocycles. The number of ether oxygens (including phenoxy) is 2. The zero-order valence-corrected chi connectivity index (χ0v) is 15.6. The second-order valence-corrected chi connectivity index (χ2v) is 7.23. The fraction of sp³-hybridized carbons (Fsp3) is 0.368. The van der Waals surface area contributed by atoms with Crippen LogP contribution in [0.5, 0.6) is 5.75 Å². The van der Waals surface area contributed by atoms with Crippen molar-refractivity contribution >= 4 is 23.0 Å². The first kappa shape index (κ1) is 18.0. The van der Waals surface area contributed by atoms with E-state index in [0.29, 0.717) is 13.2 Å². The molecule has 8 heteroatoms. The standard InChI is InChI=1S/C19H20ClN3O4/c20-17-3-1-2-4-18(17)22-7-5-21(6-8-22)11-14-9-16(23(24)25)10-15-12-26-13-27-19(14)15/h1-4,9-10H,5-8,11-13H2/p+1. The van der Waals surface area contributed by atoms with Gasteiger partial charge in [-0.2, -0.15) is 0 Å². The van der Waals surface area contributed by atoms with Crippen LogP contribution >= 0.6 is 11.6 Å². The van der Waals surface area contributed by atoms with Crippen molar-refractivity contribution in [3.63, 3.8) is 0 Å². The van der Waals surface area contributed by atoms with Gasteiger partial charge in [0.1, 0.15) is 12.3 Å². The molecule has 2 heterocycles. The van der Waals surface area contributed by atoms with Gasteiger partial charge in [0.15, 0.2) is 6.79 Å². The maximum Gasteiger partial charge on any atom is 0.270 e. The highest BCUT2D eigenvalue weighted by atomic mass is 35.5. The summed E-state index contributed by atoms with van der Waals surface area (Å²) in [6.07, 6.45) is 0. The van der Waals surface area contributed by atoms with Crippen LogP contribution in [-0.2, 0) is 17.9 Å². The number of rotatable bonds is 4. The summed E-state index contributed by atoms with van der Waals surface area (Å²) in [4.78, 5) is 14.6. The summed E-state index contributed by atoms with van der Waals surface area (Å²) < 4.78 is 10.9. The number of nitrogens with zero attached hydrogens (tertiary/aromatic N) is 2. The average molecular weight is 391 g/mol. The van der Waals surface area contributed by atoms with Crippen molar-refractivity contribution in [2.75, 3.05) is 37.9 Å². The number of nitro benzene ring substituents is 1. The van der Waals surface area contributed by atoms with E-state index in [9.17, 15) is 10.1 Å². The number of nitrogens with one attached hydrogen (secondary N) is 1. The van der Waals surface area contributed by atoms with Crippen molar-refractivity contribution in [3.05, 3.63) is 62.7 Å². The highest BCUT2D eigenvalue weighted by molar-refractivity contribution is 6.33. The third kappa shape index (κ3) is 3.85. The lowest BCUT2D eigenvalue weighted by Crippen LogP contribution is -3.13. The van der Waals surface area contributed by atoms with Gasteiger partial charge in [0.05, 0.1) is 54.0 Å². The van der Waals surface area contributed by atoms with E-state index in [1.165, 1.54) is 4.90 Å². The molecular formula is C19H21ClN3O4+. The Morgan fingerprint density at radius 3 is 2.74 bits per heavy atom. The van der Waals surface area contributed by atoms with Gasteiger partial charge in [-0.15, -0.1) is 0 Å². The van der Waals surface area contributed by atoms with Crippen molar-refractivity contribution in [1.29, 1.82) is 0 Å². The Balaban J connectivity index is 1.48. The van der Waals surface area contributed by atoms with Crippen LogP contribution < -0.4 is 14.5 Å². The fourth-order valence-electron chi connectivity index (χ4n) is 3.74. The molecule has 7 nitrogen and oxygen atoms in total. The molecule has 2 aromatic carbocycles. The Bertz CT molecular complexity index is 853. The Morgan fingerprint density at radius 1 is 1.22 bits per heavy atom. The van der Waals surface area contributed by atoms with Gasteiger partial charge in [-0.3, -0.25) is 10.1 Å². The minimum atomic E-state index is -0.358. The van der Waals surface area contributed by atoms with Gasteiger partial charge in [-0.1, -0.05) is 23.7 Å². The van der Waals surface area contributed by atoms with Crippen molar-refractivity contribution < 1.29 is 19.3 Å². The van der Waals surface area contributed by atoms with E-state index < -0.39 is 0 Å². The number of non-ortho nitro benzene ring substituents is 1. The predicted octanol–water partition coefficient (Wildman–Crippen LogP) is 2.02. The third-order valence-electron chi connectivity index (χ3n) is 5.09. The first-order valence-corrected chi connectivity index (χ1v) is 9.33. The number of piperazine rings is 1. The molecule has 27 heavy (non-hydrogen) atoms. The van der Waals surface area contributed by atoms with Gasteiger partial charge in [0.2, 0.25) is 0 Å². The summed E-state index contributed by atoms with van der Waals surface area (Å²) >= 11 is 6.31. The summed E-state index contributed by atoms with van der Waals surface area (Å²) in [5.74, 6) is 0.743. The maximum atomic E-state index is 11.3. The van der Waals surface area contributed by atoms with Gasteiger partial charge < -0.3 is 19.3 Å². The second-order valence-electron chi connectivity index (χ2n) is 6.83. The molecule has 142 valence electrons. The minimum Gasteiger partial charge on any atom is -0.467 e. The lowest BCUT2D eigenvalue weighted by atomic mass is 10.1. The molecule has 2 aromatic rings. The summed E-state index contributed by atoms with van der Waals surface area (Å²) in [6.45, 7) is 4.87. The lowest BCUT2D eigenvalue weighted by Gasteiger charge is -2.34. The number of benzene rings is 2. The van der Waals surface area contributed by atoms with Crippen molar-refractivity contribution in [1.82, 2.24) is 0 Å². The van der Waals surface area contributed by atoms with Gasteiger partial charge in [-0.05, 0) is 12.1 Å². The number of para-hydroxylation sites is 1. The first-order valence-electron chi connectivity index (χ1n) is 8.95. The van der Waals surface area contributed by atoms with Crippen molar-refractivity contribution in [3.8, 4) is 5.75 Å². The number of halogens is 1. The van der Waals surface area contributed by atoms with Crippen LogP contribution in [0.15, 0.2) is 36.4 Å². The van der Waals surface area contributed by atoms with E-state index in [1.807, 2.05) is 24.3 Å². The van der Waals surface area contributed by atoms with Crippen LogP contribution in [0.25, 0.3) is 0 Å². The van der Waals surface area contributed by atoms with Crippen LogP contribution in [-0.4, -0.2) is 37.9 Å². The number of anilines is 1. The molecule has 0 amide bonds. The predicted molar refractivity (Wildman–Crippen MR) is 101 cm³/mol. The molecule has 1 saturated heterocycles. The van der Waals surface area contributed by atoms with Crippen molar-refractivity contribution in [2.45, 2.75) is 13.2 Å². The molecule has 1 fully saturated rings. The largest absolute Gasteiger partial charge is 0.467 e. The molecule has 0 bridgehead atoms. The topological polar surface area (TPSA) is 69.3 Å². The summed E-state index contributed by atoms with van der Waals surface area (Å²) in [5, 5.41) is 12.0. The summed E-state index contributed by atoms with van der Waals surface area (Å²) in [7, 11) is 0. The molecule has 2 aliphatic heterocycles. The molecule has 4 rings (SSSR count). The molecular weight excluding hydrogens is 370 g/mol. The average Bonchev–Trinajstić information content (AvgIpc) is 2.69. The van der Waals surface area contributed by atoms with Crippen LogP contribution in [0.1, 0.15) is 11.1 Å². The highest BCUT2D eigenvalue weighted by Gasteiger charge is 2.26. The summed E-state index contributed by atoms with van der Waals surface area (Å²) in [6, 6.07) is 11.1. The Morgan fingerprint density at radius 2 is 2.00 bits per heavy atom. The van der Waals surface area contributed by atoms with Gasteiger partial charge >= 0.3 is 0 Å². The molecule has 0 unspecified atom stereocenters. The van der Waals surface area contributed by atoms with Crippen LogP contribution in [0.2, 0.25) is 5.02 Å². The van der Waals surface area contributed by atoms with Gasteiger partial charge in [-0.25, -0.2) is 0 Å². The quantitative estimate of drug-likeness (QED) is 0.639. The van der Waals surface area contributed by atoms with Crippen LogP contribution in [0.4, 0.5) is 11.4 Å². The van der Waals surface area contributed by atoms with Gasteiger partial charge in [0.25, 0.3) is 5.69 Å². The van der Waals surface area contributed by atoms with E-state index in [-0.39, 0.29) is 17.4 Å². The lowest BCUT2D eigenvalue weighted by molar-refractivity contribution is -0.914. The van der Waals surface area contributed by atoms with E-state index >= 15 is 0 Å². The van der Waals surface area contributed by atoms with Crippen molar-refractivity contribution in [2.24, 2.45) is 0 Å². The third-order valence-corrected chi connectivity index (χ3v) is 5.41. The minimum absolute atomic E-state index is 0.0898. The molecule has 0 spiro atoms. The second kappa shape index (κ2) is 7.72. The number of nitro groups is 1. The highest BCUT2D eigenvalue weighted by Crippen LogP contribution is 2.32. The number of fused-ring (bicyclic) bond motifs is 1. The van der Waals surface area contributed by atoms with Crippen LogP contribution in [0, 0.1) is 10.1 Å². The maximum absolute atomic E-state index is 11.3. The molecule has 2 aliphatic rings. The van der Waals surface area contributed by atoms with E-state index in [4.69, 9.17) is 21.1 Å². The Kier molecular flexibility index (Phi) is 5.15. The van der Waals surface area contributed by atoms with E-state index in [1.54, 1.807) is 12.1 Å². The molecule has 1 N–H and O–H groups in total. The Labute approximate surface area is 162 Å². The molecule has 0 radical (unpaired) electrons. The van der Waals surface area contributed by atoms with E-state index in [2.05, 4.69) is 4.90 Å². The van der Waals surface area contributed by atoms with E-state index in [0.717, 1.165) is 53.8 Å². The zero-order chi connectivity index (χ0) is 18.8. The first-order chi connectivity index (χ1) is 13.1. The normalized spacial score (nSPS) is 17.3. The SMILES string of the molecule is O=[N+]([O-])c1cc2c(c(C[NH+]3CCN(c4ccccc4Cl)CC3)c1)OCOC2. The van der Waals surface area contributed by atoms with Crippen LogP contribution in [0.3, 0.4) is 0 Å². The molecule has 0 saturated carbocycles. The monoisotopic (exact) mass is 390 g/mol. The molecule has 0 atom stereocenters. The molecule has 0 aliphatic carbocycles. The smallest absolute Gasteiger partial charge is 0.270 e. The zero-order valence-electron chi connectivity index (χ0n) is 14.8. The van der Waals surface area contributed by atoms with Gasteiger partial charge in [0, 0.05) is 17.7 Å². The number of hydrogen-bond acceptors (Lipinski definition) is 5. The Hall–Kier alpha value is -2.35.